The fourth-order valence-corrected chi connectivity index (χ4v) is 2.62. The van der Waals surface area contributed by atoms with Gasteiger partial charge in [-0.3, -0.25) is 4.99 Å². The molecule has 1 rings (SSSR count). The number of aliphatic hydroxyl groups is 2. The molecule has 1 fully saturated rings. The van der Waals surface area contributed by atoms with E-state index < -0.39 is 5.60 Å². The summed E-state index contributed by atoms with van der Waals surface area (Å²) < 4.78 is 5.50. The van der Waals surface area contributed by atoms with Crippen LogP contribution in [-0.4, -0.2) is 61.2 Å². The van der Waals surface area contributed by atoms with E-state index in [0.29, 0.717) is 32.0 Å². The molecule has 0 bridgehead atoms. The van der Waals surface area contributed by atoms with Gasteiger partial charge in [0, 0.05) is 31.7 Å². The Morgan fingerprint density at radius 1 is 1.27 bits per heavy atom. The summed E-state index contributed by atoms with van der Waals surface area (Å²) in [7, 11) is 0. The Hall–Kier alpha value is -0.850. The minimum Gasteiger partial charge on any atom is -0.396 e. The highest BCUT2D eigenvalue weighted by Gasteiger charge is 2.34. The van der Waals surface area contributed by atoms with Crippen LogP contribution >= 0.6 is 0 Å². The molecule has 0 aliphatic carbocycles. The van der Waals surface area contributed by atoms with Crippen LogP contribution in [0.3, 0.4) is 0 Å². The quantitative estimate of drug-likeness (QED) is 0.375. The maximum absolute atomic E-state index is 10.3. The molecule has 6 nitrogen and oxygen atoms in total. The average molecular weight is 315 g/mol. The minimum atomic E-state index is -0.735. The minimum absolute atomic E-state index is 0.0171. The van der Waals surface area contributed by atoms with E-state index in [4.69, 9.17) is 4.74 Å². The number of nitrogens with one attached hydrogen (secondary N) is 2. The molecule has 0 radical (unpaired) electrons. The Morgan fingerprint density at radius 2 is 2.00 bits per heavy atom. The molecule has 6 heteroatoms. The van der Waals surface area contributed by atoms with Crippen molar-refractivity contribution in [1.82, 2.24) is 10.6 Å². The lowest BCUT2D eigenvalue weighted by Crippen LogP contribution is -2.45. The van der Waals surface area contributed by atoms with Crippen molar-refractivity contribution in [3.8, 4) is 0 Å². The summed E-state index contributed by atoms with van der Waals surface area (Å²) >= 11 is 0. The van der Waals surface area contributed by atoms with Crippen LogP contribution in [0.15, 0.2) is 4.99 Å². The van der Waals surface area contributed by atoms with E-state index >= 15 is 0 Å². The van der Waals surface area contributed by atoms with Gasteiger partial charge in [0.2, 0.25) is 0 Å². The van der Waals surface area contributed by atoms with Gasteiger partial charge in [-0.25, -0.2) is 0 Å². The van der Waals surface area contributed by atoms with Crippen molar-refractivity contribution in [2.24, 2.45) is 10.4 Å². The smallest absolute Gasteiger partial charge is 0.191 e. The summed E-state index contributed by atoms with van der Waals surface area (Å²) in [6, 6.07) is 0. The van der Waals surface area contributed by atoms with Gasteiger partial charge in [-0.2, -0.15) is 0 Å². The Morgan fingerprint density at radius 3 is 2.50 bits per heavy atom. The second-order valence-corrected chi connectivity index (χ2v) is 6.26. The standard InChI is InChI=1S/C16H33N3O3/c1-4-16(21,5-2)12-19-14(17-6-3)18-11-15(7-9-20)8-10-22-13-15/h20-21H,4-13H2,1-3H3,(H2,17,18,19). The van der Waals surface area contributed by atoms with Crippen LogP contribution in [0.4, 0.5) is 0 Å². The third-order valence-corrected chi connectivity index (χ3v) is 4.65. The van der Waals surface area contributed by atoms with Crippen molar-refractivity contribution in [2.75, 3.05) is 39.5 Å². The molecular weight excluding hydrogens is 282 g/mol. The van der Waals surface area contributed by atoms with Crippen molar-refractivity contribution in [3.05, 3.63) is 0 Å². The van der Waals surface area contributed by atoms with Crippen LogP contribution in [0.1, 0.15) is 46.5 Å². The lowest BCUT2D eigenvalue weighted by atomic mass is 9.84. The average Bonchev–Trinajstić information content (AvgIpc) is 2.99. The van der Waals surface area contributed by atoms with Gasteiger partial charge in [-0.1, -0.05) is 13.8 Å². The summed E-state index contributed by atoms with van der Waals surface area (Å²) in [5.74, 6) is 0.715. The number of rotatable bonds is 9. The van der Waals surface area contributed by atoms with Gasteiger partial charge in [0.05, 0.1) is 18.8 Å². The number of nitrogens with zero attached hydrogens (tertiary/aromatic N) is 1. The molecule has 1 atom stereocenters. The van der Waals surface area contributed by atoms with Crippen molar-refractivity contribution in [1.29, 1.82) is 0 Å². The maximum atomic E-state index is 10.3. The number of aliphatic imine (C=N–C) groups is 1. The number of aliphatic hydroxyl groups excluding tert-OH is 1. The van der Waals surface area contributed by atoms with Gasteiger partial charge in [0.1, 0.15) is 0 Å². The first kappa shape index (κ1) is 19.2. The van der Waals surface area contributed by atoms with Crippen LogP contribution in [-0.2, 0) is 4.74 Å². The lowest BCUT2D eigenvalue weighted by molar-refractivity contribution is 0.0417. The fourth-order valence-electron chi connectivity index (χ4n) is 2.62. The number of guanidine groups is 1. The van der Waals surface area contributed by atoms with Gasteiger partial charge >= 0.3 is 0 Å². The summed E-state index contributed by atoms with van der Waals surface area (Å²) in [5.41, 5.74) is -0.752. The van der Waals surface area contributed by atoms with Crippen molar-refractivity contribution in [2.45, 2.75) is 52.1 Å². The monoisotopic (exact) mass is 315 g/mol. The highest BCUT2D eigenvalue weighted by Crippen LogP contribution is 2.31. The van der Waals surface area contributed by atoms with E-state index in [1.165, 1.54) is 0 Å². The first-order chi connectivity index (χ1) is 10.5. The molecule has 0 aromatic carbocycles. The zero-order valence-corrected chi connectivity index (χ0v) is 14.3. The van der Waals surface area contributed by atoms with E-state index in [1.54, 1.807) is 0 Å². The molecule has 0 aromatic rings. The van der Waals surface area contributed by atoms with E-state index in [9.17, 15) is 10.2 Å². The second kappa shape index (κ2) is 9.33. The molecule has 1 saturated heterocycles. The Bertz CT molecular complexity index is 338. The molecule has 1 unspecified atom stereocenters. The van der Waals surface area contributed by atoms with Crippen molar-refractivity contribution in [3.63, 3.8) is 0 Å². The number of hydrogen-bond donors (Lipinski definition) is 4. The zero-order chi connectivity index (χ0) is 16.5. The third-order valence-electron chi connectivity index (χ3n) is 4.65. The van der Waals surface area contributed by atoms with E-state index in [2.05, 4.69) is 15.6 Å². The first-order valence-corrected chi connectivity index (χ1v) is 8.46. The van der Waals surface area contributed by atoms with Gasteiger partial charge in [0.25, 0.3) is 0 Å². The van der Waals surface area contributed by atoms with E-state index in [1.807, 2.05) is 20.8 Å². The van der Waals surface area contributed by atoms with Crippen LogP contribution in [0, 0.1) is 5.41 Å². The molecule has 22 heavy (non-hydrogen) atoms. The van der Waals surface area contributed by atoms with Crippen molar-refractivity contribution >= 4 is 5.96 Å². The van der Waals surface area contributed by atoms with Gasteiger partial charge in [-0.15, -0.1) is 0 Å². The third kappa shape index (κ3) is 5.74. The predicted octanol–water partition coefficient (Wildman–Crippen LogP) is 0.882. The number of hydrogen-bond acceptors (Lipinski definition) is 4. The predicted molar refractivity (Wildman–Crippen MR) is 89.1 cm³/mol. The normalized spacial score (nSPS) is 22.9. The molecule has 0 aromatic heterocycles. The Labute approximate surface area is 134 Å². The summed E-state index contributed by atoms with van der Waals surface area (Å²) in [5, 5.41) is 26.2. The topological polar surface area (TPSA) is 86.1 Å². The Balaban J connectivity index is 2.63. The van der Waals surface area contributed by atoms with Crippen molar-refractivity contribution < 1.29 is 14.9 Å². The fraction of sp³-hybridized carbons (Fsp3) is 0.938. The molecular formula is C16H33N3O3. The van der Waals surface area contributed by atoms with Crippen LogP contribution < -0.4 is 10.6 Å². The van der Waals surface area contributed by atoms with Crippen LogP contribution in [0.5, 0.6) is 0 Å². The molecule has 0 saturated carbocycles. The molecule has 1 aliphatic heterocycles. The highest BCUT2D eigenvalue weighted by atomic mass is 16.5. The van der Waals surface area contributed by atoms with Gasteiger partial charge in [-0.05, 0) is 32.6 Å². The maximum Gasteiger partial charge on any atom is 0.191 e. The first-order valence-electron chi connectivity index (χ1n) is 8.46. The summed E-state index contributed by atoms with van der Waals surface area (Å²) in [6.45, 7) is 9.45. The zero-order valence-electron chi connectivity index (χ0n) is 14.3. The lowest BCUT2D eigenvalue weighted by Gasteiger charge is -2.28. The van der Waals surface area contributed by atoms with Crippen LogP contribution in [0.25, 0.3) is 0 Å². The van der Waals surface area contributed by atoms with Gasteiger partial charge in [0.15, 0.2) is 5.96 Å². The largest absolute Gasteiger partial charge is 0.396 e. The molecule has 4 N–H and O–H groups in total. The second-order valence-electron chi connectivity index (χ2n) is 6.26. The molecule has 0 spiro atoms. The van der Waals surface area contributed by atoms with E-state index in [0.717, 1.165) is 32.5 Å². The summed E-state index contributed by atoms with van der Waals surface area (Å²) in [6.07, 6.45) is 3.06. The molecule has 0 amide bonds. The SMILES string of the molecule is CCNC(=NCC(O)(CC)CC)NCC1(CCO)CCOC1. The molecule has 1 heterocycles. The highest BCUT2D eigenvalue weighted by molar-refractivity contribution is 5.79. The van der Waals surface area contributed by atoms with Gasteiger partial charge < -0.3 is 25.6 Å². The number of ether oxygens (including phenoxy) is 1. The van der Waals surface area contributed by atoms with E-state index in [-0.39, 0.29) is 12.0 Å². The molecule has 130 valence electrons. The summed E-state index contributed by atoms with van der Waals surface area (Å²) in [4.78, 5) is 4.52. The molecule has 1 aliphatic rings. The Kier molecular flexibility index (Phi) is 8.14. The van der Waals surface area contributed by atoms with Crippen LogP contribution in [0.2, 0.25) is 0 Å².